The minimum Gasteiger partial charge on any atom is -0.464 e. The predicted molar refractivity (Wildman–Crippen MR) is 126 cm³/mol. The molecule has 1 amide bonds. The van der Waals surface area contributed by atoms with Gasteiger partial charge in [0.05, 0.1) is 13.1 Å². The summed E-state index contributed by atoms with van der Waals surface area (Å²) in [6.45, 7) is 8.13. The first-order valence-corrected chi connectivity index (χ1v) is 11.3. The Morgan fingerprint density at radius 3 is 2.31 bits per heavy atom. The third-order valence-electron chi connectivity index (χ3n) is 5.86. The van der Waals surface area contributed by atoms with Crippen molar-refractivity contribution in [1.29, 1.82) is 0 Å². The highest BCUT2D eigenvalue weighted by atomic mass is 19.1. The zero-order valence-electron chi connectivity index (χ0n) is 19.3. The average Bonchev–Trinajstić information content (AvgIpc) is 3.22. The smallest absolute Gasteiger partial charge is 0.237 e. The van der Waals surface area contributed by atoms with Gasteiger partial charge >= 0.3 is 0 Å². The molecule has 0 radical (unpaired) electrons. The average molecular weight is 437 g/mol. The fraction of sp³-hybridized carbons (Fsp3) is 0.370. The highest BCUT2D eigenvalue weighted by Crippen LogP contribution is 2.15. The van der Waals surface area contributed by atoms with Gasteiger partial charge in [-0.05, 0) is 62.1 Å². The van der Waals surface area contributed by atoms with Gasteiger partial charge in [-0.2, -0.15) is 0 Å². The van der Waals surface area contributed by atoms with Crippen LogP contribution in [-0.4, -0.2) is 34.8 Å². The molecule has 0 fully saturated rings. The van der Waals surface area contributed by atoms with Crippen LogP contribution in [0.25, 0.3) is 0 Å². The number of nitrogens with zero attached hydrogens (tertiary/aromatic N) is 2. The molecule has 170 valence electrons. The van der Waals surface area contributed by atoms with Crippen LogP contribution in [0.3, 0.4) is 0 Å². The molecule has 2 aromatic carbocycles. The van der Waals surface area contributed by atoms with Crippen LogP contribution < -0.4 is 0 Å². The van der Waals surface area contributed by atoms with Gasteiger partial charge < -0.3 is 9.32 Å². The normalized spacial score (nSPS) is 12.2. The summed E-state index contributed by atoms with van der Waals surface area (Å²) >= 11 is 0. The van der Waals surface area contributed by atoms with E-state index in [1.807, 2.05) is 42.2 Å². The number of halogens is 1. The van der Waals surface area contributed by atoms with Gasteiger partial charge in [0.2, 0.25) is 5.91 Å². The van der Waals surface area contributed by atoms with E-state index < -0.39 is 0 Å². The number of amides is 1. The molecule has 0 spiro atoms. The standard InChI is InChI=1S/C27H33FN2O2/c1-4-21(2)30(18-24-11-13-25(28)14-12-24)20-27(31)29(19-26-15-10-22(3)32-26)17-16-23-8-6-5-7-9-23/h5-15,21H,4,16-20H2,1-3H3. The number of furan rings is 1. The van der Waals surface area contributed by atoms with Crippen molar-refractivity contribution >= 4 is 5.91 Å². The summed E-state index contributed by atoms with van der Waals surface area (Å²) in [7, 11) is 0. The first kappa shape index (κ1) is 23.7. The van der Waals surface area contributed by atoms with Crippen LogP contribution in [0.1, 0.15) is 42.9 Å². The molecule has 0 saturated heterocycles. The van der Waals surface area contributed by atoms with Gasteiger partial charge in [-0.15, -0.1) is 0 Å². The van der Waals surface area contributed by atoms with E-state index in [4.69, 9.17) is 4.42 Å². The van der Waals surface area contributed by atoms with E-state index in [1.54, 1.807) is 12.1 Å². The topological polar surface area (TPSA) is 36.7 Å². The maximum absolute atomic E-state index is 13.4. The van der Waals surface area contributed by atoms with Crippen LogP contribution in [-0.2, 0) is 24.3 Å². The highest BCUT2D eigenvalue weighted by Gasteiger charge is 2.22. The van der Waals surface area contributed by atoms with E-state index >= 15 is 0 Å². The second kappa shape index (κ2) is 11.6. The van der Waals surface area contributed by atoms with Crippen molar-refractivity contribution in [3.8, 4) is 0 Å². The zero-order chi connectivity index (χ0) is 22.9. The molecular formula is C27H33FN2O2. The second-order valence-electron chi connectivity index (χ2n) is 8.35. The molecule has 0 aliphatic rings. The van der Waals surface area contributed by atoms with Crippen LogP contribution in [0.15, 0.2) is 71.1 Å². The third-order valence-corrected chi connectivity index (χ3v) is 5.86. The summed E-state index contributed by atoms with van der Waals surface area (Å²) in [4.78, 5) is 17.5. The number of hydrogen-bond donors (Lipinski definition) is 0. The van der Waals surface area contributed by atoms with Gasteiger partial charge in [0, 0.05) is 19.1 Å². The Labute approximate surface area is 190 Å². The minimum absolute atomic E-state index is 0.0670. The highest BCUT2D eigenvalue weighted by molar-refractivity contribution is 5.78. The molecule has 1 aromatic heterocycles. The quantitative estimate of drug-likeness (QED) is 0.393. The summed E-state index contributed by atoms with van der Waals surface area (Å²) in [5.74, 6) is 1.45. The SMILES string of the molecule is CCC(C)N(CC(=O)N(CCc1ccccc1)Cc1ccc(C)o1)Cc1ccc(F)cc1. The summed E-state index contributed by atoms with van der Waals surface area (Å²) in [5.41, 5.74) is 2.20. The van der Waals surface area contributed by atoms with Gasteiger partial charge in [-0.1, -0.05) is 49.4 Å². The van der Waals surface area contributed by atoms with Gasteiger partial charge in [0.15, 0.2) is 0 Å². The molecule has 0 bridgehead atoms. The first-order chi connectivity index (χ1) is 15.4. The molecule has 1 heterocycles. The molecule has 0 aliphatic heterocycles. The monoisotopic (exact) mass is 436 g/mol. The summed E-state index contributed by atoms with van der Waals surface area (Å²) < 4.78 is 19.1. The number of benzene rings is 2. The van der Waals surface area contributed by atoms with E-state index in [2.05, 4.69) is 30.9 Å². The van der Waals surface area contributed by atoms with E-state index in [0.717, 1.165) is 29.9 Å². The lowest BCUT2D eigenvalue weighted by atomic mass is 10.1. The number of hydrogen-bond acceptors (Lipinski definition) is 3. The molecule has 32 heavy (non-hydrogen) atoms. The Morgan fingerprint density at radius 2 is 1.69 bits per heavy atom. The van der Waals surface area contributed by atoms with Crippen molar-refractivity contribution in [2.24, 2.45) is 0 Å². The molecule has 1 unspecified atom stereocenters. The van der Waals surface area contributed by atoms with Crippen molar-refractivity contribution in [2.75, 3.05) is 13.1 Å². The molecular weight excluding hydrogens is 403 g/mol. The van der Waals surface area contributed by atoms with Crippen molar-refractivity contribution in [3.05, 3.63) is 95.2 Å². The second-order valence-corrected chi connectivity index (χ2v) is 8.35. The molecule has 3 rings (SSSR count). The molecule has 0 N–H and O–H groups in total. The maximum Gasteiger partial charge on any atom is 0.237 e. The Balaban J connectivity index is 1.72. The fourth-order valence-corrected chi connectivity index (χ4v) is 3.68. The number of carbonyl (C=O) groups is 1. The molecule has 3 aromatic rings. The van der Waals surface area contributed by atoms with Crippen LogP contribution in [0.5, 0.6) is 0 Å². The lowest BCUT2D eigenvalue weighted by molar-refractivity contribution is -0.134. The Kier molecular flexibility index (Phi) is 8.63. The summed E-state index contributed by atoms with van der Waals surface area (Å²) in [5, 5.41) is 0. The van der Waals surface area contributed by atoms with Crippen LogP contribution in [0, 0.1) is 12.7 Å². The van der Waals surface area contributed by atoms with E-state index in [9.17, 15) is 9.18 Å². The van der Waals surface area contributed by atoms with Crippen LogP contribution in [0.2, 0.25) is 0 Å². The largest absolute Gasteiger partial charge is 0.464 e. The van der Waals surface area contributed by atoms with Gasteiger partial charge in [0.1, 0.15) is 17.3 Å². The zero-order valence-corrected chi connectivity index (χ0v) is 19.3. The van der Waals surface area contributed by atoms with Crippen molar-refractivity contribution in [2.45, 2.75) is 52.7 Å². The van der Waals surface area contributed by atoms with E-state index in [-0.39, 0.29) is 17.8 Å². The predicted octanol–water partition coefficient (Wildman–Crippen LogP) is 5.60. The van der Waals surface area contributed by atoms with Gasteiger partial charge in [0.25, 0.3) is 0 Å². The third kappa shape index (κ3) is 7.06. The molecule has 1 atom stereocenters. The van der Waals surface area contributed by atoms with Gasteiger partial charge in [-0.3, -0.25) is 9.69 Å². The van der Waals surface area contributed by atoms with E-state index in [1.165, 1.54) is 17.7 Å². The Morgan fingerprint density at radius 1 is 0.969 bits per heavy atom. The number of aryl methyl sites for hydroxylation is 1. The molecule has 0 aliphatic carbocycles. The maximum atomic E-state index is 13.4. The summed E-state index contributed by atoms with van der Waals surface area (Å²) in [6.07, 6.45) is 1.71. The molecule has 0 saturated carbocycles. The van der Waals surface area contributed by atoms with Gasteiger partial charge in [-0.25, -0.2) is 4.39 Å². The lowest BCUT2D eigenvalue weighted by Gasteiger charge is -2.31. The van der Waals surface area contributed by atoms with Crippen molar-refractivity contribution < 1.29 is 13.6 Å². The fourth-order valence-electron chi connectivity index (χ4n) is 3.68. The molecule has 5 heteroatoms. The lowest BCUT2D eigenvalue weighted by Crippen LogP contribution is -2.43. The summed E-state index contributed by atoms with van der Waals surface area (Å²) in [6, 6.07) is 20.8. The van der Waals surface area contributed by atoms with Crippen LogP contribution in [0.4, 0.5) is 4.39 Å². The van der Waals surface area contributed by atoms with Crippen molar-refractivity contribution in [1.82, 2.24) is 9.80 Å². The number of carbonyl (C=O) groups excluding carboxylic acids is 1. The Hall–Kier alpha value is -2.92. The Bertz CT molecular complexity index is 969. The number of rotatable bonds is 11. The minimum atomic E-state index is -0.249. The molecule has 4 nitrogen and oxygen atoms in total. The first-order valence-electron chi connectivity index (χ1n) is 11.3. The van der Waals surface area contributed by atoms with Crippen molar-refractivity contribution in [3.63, 3.8) is 0 Å². The van der Waals surface area contributed by atoms with Crippen LogP contribution >= 0.6 is 0 Å². The van der Waals surface area contributed by atoms with E-state index in [0.29, 0.717) is 26.2 Å².